The van der Waals surface area contributed by atoms with E-state index in [9.17, 15) is 9.59 Å². The largest absolute Gasteiger partial charge is 0.397 e. The molecule has 2 aromatic rings. The van der Waals surface area contributed by atoms with Crippen molar-refractivity contribution in [2.24, 2.45) is 0 Å². The summed E-state index contributed by atoms with van der Waals surface area (Å²) in [5.41, 5.74) is 6.75. The summed E-state index contributed by atoms with van der Waals surface area (Å²) < 4.78 is 1.87. The van der Waals surface area contributed by atoms with E-state index < -0.39 is 0 Å². The van der Waals surface area contributed by atoms with Crippen molar-refractivity contribution < 1.29 is 4.79 Å². The summed E-state index contributed by atoms with van der Waals surface area (Å²) >= 11 is 5.80. The van der Waals surface area contributed by atoms with Gasteiger partial charge in [0.2, 0.25) is 5.91 Å². The molecule has 3 N–H and O–H groups in total. The third-order valence-corrected chi connectivity index (χ3v) is 3.20. The summed E-state index contributed by atoms with van der Waals surface area (Å²) in [5.74, 6) is -0.106. The van der Waals surface area contributed by atoms with Crippen molar-refractivity contribution in [3.63, 3.8) is 0 Å². The maximum Gasteiger partial charge on any atom is 0.224 e. The first-order chi connectivity index (χ1) is 10.0. The molecule has 21 heavy (non-hydrogen) atoms. The van der Waals surface area contributed by atoms with Crippen molar-refractivity contribution in [1.29, 1.82) is 0 Å². The van der Waals surface area contributed by atoms with Gasteiger partial charge in [-0.15, -0.1) is 0 Å². The van der Waals surface area contributed by atoms with Crippen molar-refractivity contribution in [1.82, 2.24) is 4.57 Å². The van der Waals surface area contributed by atoms with Crippen LogP contribution in [0.1, 0.15) is 12.8 Å². The number of carbonyl (C=O) groups excluding carboxylic acids is 1. The fraction of sp³-hybridized carbons (Fsp3) is 0.200. The molecule has 0 atom stereocenters. The highest BCUT2D eigenvalue weighted by Crippen LogP contribution is 2.22. The average Bonchev–Trinajstić information content (AvgIpc) is 2.44. The zero-order valence-electron chi connectivity index (χ0n) is 11.4. The van der Waals surface area contributed by atoms with Gasteiger partial charge in [-0.05, 0) is 24.6 Å². The van der Waals surface area contributed by atoms with Crippen LogP contribution >= 0.6 is 11.6 Å². The van der Waals surface area contributed by atoms with Crippen LogP contribution in [-0.2, 0) is 11.3 Å². The first kappa shape index (κ1) is 15.1. The number of aromatic nitrogens is 1. The van der Waals surface area contributed by atoms with E-state index >= 15 is 0 Å². The lowest BCUT2D eigenvalue weighted by Gasteiger charge is -2.09. The smallest absolute Gasteiger partial charge is 0.224 e. The minimum atomic E-state index is -0.106. The molecule has 5 nitrogen and oxygen atoms in total. The van der Waals surface area contributed by atoms with Crippen molar-refractivity contribution in [3.05, 3.63) is 58.0 Å². The molecule has 0 fully saturated rings. The van der Waals surface area contributed by atoms with Crippen LogP contribution in [0.2, 0.25) is 5.02 Å². The maximum absolute atomic E-state index is 11.8. The Labute approximate surface area is 127 Å². The number of aryl methyl sites for hydroxylation is 1. The van der Waals surface area contributed by atoms with Crippen LogP contribution in [0.25, 0.3) is 0 Å². The summed E-state index contributed by atoms with van der Waals surface area (Å²) in [4.78, 5) is 22.8. The standard InChI is InChI=1S/C15H16ClN3O2/c16-11-3-4-14(13(17)10-11)18-15(21)2-1-7-19-8-5-12(20)6-9-19/h3-6,8-10H,1-2,7,17H2,(H,18,21). The zero-order valence-corrected chi connectivity index (χ0v) is 12.1. The van der Waals surface area contributed by atoms with E-state index in [4.69, 9.17) is 17.3 Å². The topological polar surface area (TPSA) is 77.1 Å². The lowest BCUT2D eigenvalue weighted by molar-refractivity contribution is -0.116. The molecular weight excluding hydrogens is 290 g/mol. The minimum absolute atomic E-state index is 0.0257. The van der Waals surface area contributed by atoms with Gasteiger partial charge in [0.05, 0.1) is 11.4 Å². The molecule has 1 heterocycles. The number of nitrogens with two attached hydrogens (primary N) is 1. The lowest BCUT2D eigenvalue weighted by atomic mass is 10.2. The molecule has 1 aromatic heterocycles. The van der Waals surface area contributed by atoms with Crippen molar-refractivity contribution in [2.75, 3.05) is 11.1 Å². The second kappa shape index (κ2) is 6.95. The van der Waals surface area contributed by atoms with Gasteiger partial charge in [-0.25, -0.2) is 0 Å². The molecule has 2 rings (SSSR count). The minimum Gasteiger partial charge on any atom is -0.397 e. The van der Waals surface area contributed by atoms with Crippen LogP contribution in [0.3, 0.4) is 0 Å². The number of nitrogens with zero attached hydrogens (tertiary/aromatic N) is 1. The summed E-state index contributed by atoms with van der Waals surface area (Å²) in [5, 5.41) is 3.28. The van der Waals surface area contributed by atoms with Crippen molar-refractivity contribution >= 4 is 28.9 Å². The van der Waals surface area contributed by atoms with E-state index in [1.807, 2.05) is 4.57 Å². The van der Waals surface area contributed by atoms with Gasteiger partial charge >= 0.3 is 0 Å². The number of anilines is 2. The van der Waals surface area contributed by atoms with Gasteiger partial charge in [0.15, 0.2) is 5.43 Å². The first-order valence-electron chi connectivity index (χ1n) is 6.55. The highest BCUT2D eigenvalue weighted by Gasteiger charge is 2.05. The number of rotatable bonds is 5. The number of pyridine rings is 1. The average molecular weight is 306 g/mol. The predicted octanol–water partition coefficient (Wildman–Crippen LogP) is 2.50. The molecule has 1 aromatic carbocycles. The summed E-state index contributed by atoms with van der Waals surface area (Å²) in [6, 6.07) is 7.94. The molecule has 0 bridgehead atoms. The number of carbonyl (C=O) groups is 1. The van der Waals surface area contributed by atoms with Gasteiger partial charge in [0.25, 0.3) is 0 Å². The Morgan fingerprint density at radius 3 is 2.62 bits per heavy atom. The Morgan fingerprint density at radius 1 is 1.24 bits per heavy atom. The molecular formula is C15H16ClN3O2. The first-order valence-corrected chi connectivity index (χ1v) is 6.93. The van der Waals surface area contributed by atoms with Gasteiger partial charge in [-0.3, -0.25) is 9.59 Å². The Morgan fingerprint density at radius 2 is 1.95 bits per heavy atom. The third-order valence-electron chi connectivity index (χ3n) is 2.97. The highest BCUT2D eigenvalue weighted by molar-refractivity contribution is 6.31. The van der Waals surface area contributed by atoms with E-state index in [0.29, 0.717) is 35.8 Å². The summed E-state index contributed by atoms with van der Waals surface area (Å²) in [7, 11) is 0. The molecule has 0 saturated carbocycles. The van der Waals surface area contributed by atoms with E-state index in [-0.39, 0.29) is 11.3 Å². The molecule has 0 spiro atoms. The number of hydrogen-bond donors (Lipinski definition) is 2. The van der Waals surface area contributed by atoms with Gasteiger partial charge in [0, 0.05) is 42.5 Å². The van der Waals surface area contributed by atoms with E-state index in [2.05, 4.69) is 5.32 Å². The molecule has 110 valence electrons. The van der Waals surface area contributed by atoms with E-state index in [1.54, 1.807) is 30.6 Å². The fourth-order valence-electron chi connectivity index (χ4n) is 1.88. The van der Waals surface area contributed by atoms with Crippen LogP contribution in [0.15, 0.2) is 47.5 Å². The summed E-state index contributed by atoms with van der Waals surface area (Å²) in [6.07, 6.45) is 4.45. The second-order valence-corrected chi connectivity index (χ2v) is 5.09. The van der Waals surface area contributed by atoms with E-state index in [0.717, 1.165) is 0 Å². The normalized spacial score (nSPS) is 10.3. The Kier molecular flexibility index (Phi) is 5.00. The number of benzene rings is 1. The molecule has 1 amide bonds. The number of amides is 1. The van der Waals surface area contributed by atoms with Gasteiger partial charge in [0.1, 0.15) is 0 Å². The van der Waals surface area contributed by atoms with Crippen LogP contribution in [-0.4, -0.2) is 10.5 Å². The van der Waals surface area contributed by atoms with Crippen LogP contribution < -0.4 is 16.5 Å². The Hall–Kier alpha value is -2.27. The molecule has 0 saturated heterocycles. The number of nitrogen functional groups attached to an aromatic ring is 1. The molecule has 0 radical (unpaired) electrons. The molecule has 0 unspecified atom stereocenters. The molecule has 0 aliphatic carbocycles. The van der Waals surface area contributed by atoms with Crippen molar-refractivity contribution in [2.45, 2.75) is 19.4 Å². The Bertz CT molecular complexity index is 677. The zero-order chi connectivity index (χ0) is 15.2. The van der Waals surface area contributed by atoms with Crippen LogP contribution in [0, 0.1) is 0 Å². The lowest BCUT2D eigenvalue weighted by Crippen LogP contribution is -2.14. The van der Waals surface area contributed by atoms with Gasteiger partial charge < -0.3 is 15.6 Å². The van der Waals surface area contributed by atoms with Gasteiger partial charge in [-0.2, -0.15) is 0 Å². The SMILES string of the molecule is Nc1cc(Cl)ccc1NC(=O)CCCn1ccc(=O)cc1. The van der Waals surface area contributed by atoms with Crippen molar-refractivity contribution in [3.8, 4) is 0 Å². The molecule has 6 heteroatoms. The van der Waals surface area contributed by atoms with E-state index in [1.165, 1.54) is 12.1 Å². The quantitative estimate of drug-likeness (QED) is 0.833. The number of halogens is 1. The highest BCUT2D eigenvalue weighted by atomic mass is 35.5. The van der Waals surface area contributed by atoms with Crippen LogP contribution in [0.4, 0.5) is 11.4 Å². The monoisotopic (exact) mass is 305 g/mol. The fourth-order valence-corrected chi connectivity index (χ4v) is 2.06. The number of nitrogens with one attached hydrogen (secondary N) is 1. The summed E-state index contributed by atoms with van der Waals surface area (Å²) in [6.45, 7) is 0.670. The maximum atomic E-state index is 11.8. The molecule has 0 aliphatic heterocycles. The third kappa shape index (κ3) is 4.65. The Balaban J connectivity index is 1.82. The van der Waals surface area contributed by atoms with Gasteiger partial charge in [-0.1, -0.05) is 11.6 Å². The second-order valence-electron chi connectivity index (χ2n) is 4.65. The predicted molar refractivity (Wildman–Crippen MR) is 84.4 cm³/mol. The van der Waals surface area contributed by atoms with Crippen LogP contribution in [0.5, 0.6) is 0 Å². The number of hydrogen-bond acceptors (Lipinski definition) is 3. The molecule has 0 aliphatic rings.